The fraction of sp³-hybridized carbons (Fsp3) is 0. The fourth-order valence-corrected chi connectivity index (χ4v) is 2.76. The van der Waals surface area contributed by atoms with Crippen molar-refractivity contribution < 1.29 is 9.78 Å². The van der Waals surface area contributed by atoms with E-state index in [0.717, 1.165) is 16.5 Å². The summed E-state index contributed by atoms with van der Waals surface area (Å²) >= 11 is 17.7. The van der Waals surface area contributed by atoms with Crippen molar-refractivity contribution in [3.63, 3.8) is 0 Å². The number of benzene rings is 1. The molecule has 2 aromatic heterocycles. The molecule has 0 saturated heterocycles. The van der Waals surface area contributed by atoms with Crippen molar-refractivity contribution in [2.45, 2.75) is 0 Å². The Kier molecular flexibility index (Phi) is 4.62. The summed E-state index contributed by atoms with van der Waals surface area (Å²) in [6.07, 6.45) is 3.31. The highest BCUT2D eigenvalue weighted by Gasteiger charge is 2.25. The second-order valence-corrected chi connectivity index (χ2v) is 5.98. The summed E-state index contributed by atoms with van der Waals surface area (Å²) in [6, 6.07) is 7.73. The van der Waals surface area contributed by atoms with Crippen molar-refractivity contribution in [3.8, 4) is 0 Å². The van der Waals surface area contributed by atoms with E-state index in [0.29, 0.717) is 0 Å². The lowest BCUT2D eigenvalue weighted by Crippen LogP contribution is -2.28. The molecule has 0 radical (unpaired) electrons. The van der Waals surface area contributed by atoms with Gasteiger partial charge in [-0.25, -0.2) is 5.43 Å². The molecule has 5 N–H and O–H groups in total. The molecule has 122 valence electrons. The van der Waals surface area contributed by atoms with Crippen molar-refractivity contribution in [1.29, 1.82) is 0 Å². The zero-order valence-corrected chi connectivity index (χ0v) is 14.3. The van der Waals surface area contributed by atoms with Gasteiger partial charge in [-0.3, -0.25) is 4.79 Å². The van der Waals surface area contributed by atoms with E-state index in [2.05, 4.69) is 20.5 Å². The van der Waals surface area contributed by atoms with Crippen LogP contribution in [0, 0.1) is 0 Å². The van der Waals surface area contributed by atoms with Gasteiger partial charge in [0.2, 0.25) is 0 Å². The van der Waals surface area contributed by atoms with Crippen LogP contribution >= 0.6 is 34.8 Å². The second-order valence-electron chi connectivity index (χ2n) is 4.84. The van der Waals surface area contributed by atoms with Crippen LogP contribution in [0.5, 0.6) is 0 Å². The Morgan fingerprint density at radius 3 is 2.79 bits per heavy atom. The number of nitrogens with zero attached hydrogens (tertiary/aromatic N) is 1. The number of nitrogens with two attached hydrogens (primary N) is 1. The molecule has 0 aliphatic carbocycles. The number of aromatic nitrogens is 2. The van der Waals surface area contributed by atoms with Gasteiger partial charge in [-0.1, -0.05) is 41.4 Å². The summed E-state index contributed by atoms with van der Waals surface area (Å²) in [6.45, 7) is 0. The van der Waals surface area contributed by atoms with Gasteiger partial charge < -0.3 is 10.7 Å². The number of hydrogen-bond acceptors (Lipinski definition) is 3. The summed E-state index contributed by atoms with van der Waals surface area (Å²) in [5.74, 6) is -0.596. The monoisotopic (exact) mass is 382 g/mol. The number of para-hydroxylation sites is 1. The molecule has 0 aliphatic rings. The molecule has 0 aliphatic heterocycles. The number of anilines is 1. The molecule has 3 aromatic rings. The van der Waals surface area contributed by atoms with Crippen molar-refractivity contribution in [2.24, 2.45) is 5.10 Å². The highest BCUT2D eigenvalue weighted by Crippen LogP contribution is 2.31. The lowest BCUT2D eigenvalue weighted by Gasteiger charge is -2.02. The summed E-state index contributed by atoms with van der Waals surface area (Å²) in [4.78, 5) is 17.9. The quantitative estimate of drug-likeness (QED) is 0.367. The van der Waals surface area contributed by atoms with Gasteiger partial charge in [-0.2, -0.15) is 10.1 Å². The summed E-state index contributed by atoms with van der Waals surface area (Å²) < 4.78 is 0. The van der Waals surface area contributed by atoms with E-state index in [9.17, 15) is 4.79 Å². The van der Waals surface area contributed by atoms with Gasteiger partial charge >= 0.3 is 5.91 Å². The molecule has 0 atom stereocenters. The minimum atomic E-state index is -0.596. The highest BCUT2D eigenvalue weighted by atomic mass is 35.5. The minimum absolute atomic E-state index is 0.0179. The van der Waals surface area contributed by atoms with Gasteiger partial charge in [-0.15, -0.1) is 0 Å². The lowest BCUT2D eigenvalue weighted by atomic mass is 10.2. The third-order valence-corrected chi connectivity index (χ3v) is 4.50. The topological polar surface area (TPSA) is 97.4 Å². The Morgan fingerprint density at radius 1 is 1.25 bits per heavy atom. The summed E-state index contributed by atoms with van der Waals surface area (Å²) in [5.41, 5.74) is 9.85. The number of hydrogen-bond donors (Lipinski definition) is 3. The largest absolute Gasteiger partial charge is 0.396 e. The molecule has 24 heavy (non-hydrogen) atoms. The van der Waals surface area contributed by atoms with Crippen LogP contribution in [0.4, 0.5) is 5.69 Å². The van der Waals surface area contributed by atoms with Crippen LogP contribution in [0.3, 0.4) is 0 Å². The van der Waals surface area contributed by atoms with E-state index in [-0.39, 0.29) is 26.6 Å². The van der Waals surface area contributed by atoms with Crippen LogP contribution < -0.4 is 16.1 Å². The van der Waals surface area contributed by atoms with Gasteiger partial charge in [0.05, 0.1) is 11.9 Å². The standard InChI is InChI=1S/C15H10Cl3N5O/c16-10-12(19)11(17)14(18)22-13(10)15(24)23-21-6-7-5-20-9-4-2-1-3-8(7)9/h1-6,20H,(H2,19,22)(H,23,24)/p+1/b21-6+. The van der Waals surface area contributed by atoms with E-state index in [1.54, 1.807) is 6.20 Å². The van der Waals surface area contributed by atoms with Crippen molar-refractivity contribution in [1.82, 2.24) is 10.4 Å². The van der Waals surface area contributed by atoms with Gasteiger partial charge in [0.25, 0.3) is 10.8 Å². The molecule has 0 unspecified atom stereocenters. The van der Waals surface area contributed by atoms with E-state index < -0.39 is 5.91 Å². The van der Waals surface area contributed by atoms with Crippen molar-refractivity contribution in [2.75, 3.05) is 5.73 Å². The van der Waals surface area contributed by atoms with Crippen LogP contribution in [-0.2, 0) is 0 Å². The number of halogens is 3. The molecule has 2 heterocycles. The maximum Gasteiger partial charge on any atom is 0.337 e. The average molecular weight is 384 g/mol. The van der Waals surface area contributed by atoms with E-state index in [4.69, 9.17) is 40.5 Å². The first-order valence-electron chi connectivity index (χ1n) is 6.73. The molecular formula is C15H11Cl3N5O+. The SMILES string of the molecule is Nc1c(Cl)c(Cl)[nH+]c(C(=O)N/N=C/c2c[nH]c3ccccc23)c1Cl. The Labute approximate surface area is 151 Å². The third kappa shape index (κ3) is 3.03. The first-order chi connectivity index (χ1) is 11.5. The molecule has 0 saturated carbocycles. The molecule has 0 spiro atoms. The Bertz CT molecular complexity index is 967. The molecule has 0 bridgehead atoms. The number of carbonyl (C=O) groups excluding carboxylic acids is 1. The normalized spacial score (nSPS) is 11.3. The summed E-state index contributed by atoms with van der Waals surface area (Å²) in [5, 5.41) is 4.96. The zero-order valence-electron chi connectivity index (χ0n) is 12.0. The zero-order chi connectivity index (χ0) is 17.3. The number of aromatic amines is 2. The molecule has 1 aromatic carbocycles. The number of rotatable bonds is 3. The predicted octanol–water partition coefficient (Wildman–Crippen LogP) is 3.29. The lowest BCUT2D eigenvalue weighted by molar-refractivity contribution is -0.379. The third-order valence-electron chi connectivity index (χ3n) is 3.34. The molecule has 6 nitrogen and oxygen atoms in total. The van der Waals surface area contributed by atoms with Crippen LogP contribution in [0.25, 0.3) is 10.9 Å². The van der Waals surface area contributed by atoms with E-state index in [1.807, 2.05) is 24.3 Å². The average Bonchev–Trinajstić information content (AvgIpc) is 2.99. The Morgan fingerprint density at radius 2 is 2.00 bits per heavy atom. The van der Waals surface area contributed by atoms with Crippen molar-refractivity contribution in [3.05, 3.63) is 56.9 Å². The van der Waals surface area contributed by atoms with E-state index >= 15 is 0 Å². The smallest absolute Gasteiger partial charge is 0.337 e. The van der Waals surface area contributed by atoms with Crippen LogP contribution in [0.1, 0.15) is 16.1 Å². The Balaban J connectivity index is 1.81. The number of amides is 1. The van der Waals surface area contributed by atoms with Crippen LogP contribution in [0.2, 0.25) is 15.2 Å². The number of nitrogens with one attached hydrogen (secondary N) is 3. The molecule has 9 heteroatoms. The number of H-pyrrole nitrogens is 2. The van der Waals surface area contributed by atoms with Crippen LogP contribution in [0.15, 0.2) is 35.6 Å². The fourth-order valence-electron chi connectivity index (χ4n) is 2.14. The number of carbonyl (C=O) groups is 1. The summed E-state index contributed by atoms with van der Waals surface area (Å²) in [7, 11) is 0. The first-order valence-corrected chi connectivity index (χ1v) is 7.87. The van der Waals surface area contributed by atoms with Gasteiger partial charge in [0.15, 0.2) is 0 Å². The molecule has 1 amide bonds. The van der Waals surface area contributed by atoms with Gasteiger partial charge in [0, 0.05) is 22.7 Å². The van der Waals surface area contributed by atoms with Gasteiger partial charge in [0.1, 0.15) is 10.0 Å². The van der Waals surface area contributed by atoms with E-state index in [1.165, 1.54) is 6.21 Å². The number of fused-ring (bicyclic) bond motifs is 1. The Hall–Kier alpha value is -2.28. The first kappa shape index (κ1) is 16.6. The molecule has 0 fully saturated rings. The molecule has 3 rings (SSSR count). The highest BCUT2D eigenvalue weighted by molar-refractivity contribution is 6.45. The number of pyridine rings is 1. The number of nitrogen functional groups attached to an aromatic ring is 1. The minimum Gasteiger partial charge on any atom is -0.396 e. The van der Waals surface area contributed by atoms with Crippen molar-refractivity contribution >= 4 is 63.5 Å². The number of hydrazone groups is 1. The maximum absolute atomic E-state index is 12.2. The second kappa shape index (κ2) is 6.68. The van der Waals surface area contributed by atoms with Gasteiger partial charge in [-0.05, 0) is 17.7 Å². The predicted molar refractivity (Wildman–Crippen MR) is 95.8 cm³/mol. The van der Waals surface area contributed by atoms with Crippen LogP contribution in [-0.4, -0.2) is 17.1 Å². The molecular weight excluding hydrogens is 373 g/mol. The maximum atomic E-state index is 12.2.